The van der Waals surface area contributed by atoms with Crippen molar-refractivity contribution in [1.82, 2.24) is 4.90 Å². The molecule has 0 aliphatic carbocycles. The van der Waals surface area contributed by atoms with Crippen LogP contribution in [0.1, 0.15) is 27.7 Å². The number of hydrogen-bond donors (Lipinski definition) is 1. The van der Waals surface area contributed by atoms with E-state index in [4.69, 9.17) is 0 Å². The summed E-state index contributed by atoms with van der Waals surface area (Å²) >= 11 is 0. The third kappa shape index (κ3) is 1.94. The smallest absolute Gasteiger partial charge is 0.0664 e. The van der Waals surface area contributed by atoms with Gasteiger partial charge in [-0.05, 0) is 19.3 Å². The topological polar surface area (TPSA) is 23.5 Å². The minimum absolute atomic E-state index is 0.203. The average Bonchev–Trinajstić information content (AvgIpc) is 1.80. The van der Waals surface area contributed by atoms with Crippen molar-refractivity contribution in [1.29, 1.82) is 0 Å². The van der Waals surface area contributed by atoms with E-state index >= 15 is 0 Å². The molecular formula is C9H19NO. The van der Waals surface area contributed by atoms with Crippen molar-refractivity contribution < 1.29 is 5.11 Å². The highest BCUT2D eigenvalue weighted by atomic mass is 16.3. The third-order valence-corrected chi connectivity index (χ3v) is 2.54. The summed E-state index contributed by atoms with van der Waals surface area (Å²) in [4.78, 5) is 2.32. The first-order valence-corrected chi connectivity index (χ1v) is 4.34. The van der Waals surface area contributed by atoms with E-state index in [0.29, 0.717) is 11.5 Å². The van der Waals surface area contributed by atoms with E-state index in [1.807, 2.05) is 6.92 Å². The molecule has 0 aromatic carbocycles. The number of rotatable bonds is 2. The van der Waals surface area contributed by atoms with Gasteiger partial charge in [-0.1, -0.05) is 13.8 Å². The molecule has 0 amide bonds. The molecule has 1 heterocycles. The van der Waals surface area contributed by atoms with Crippen molar-refractivity contribution in [3.05, 3.63) is 0 Å². The van der Waals surface area contributed by atoms with Crippen LogP contribution in [0.25, 0.3) is 0 Å². The van der Waals surface area contributed by atoms with Gasteiger partial charge in [0.15, 0.2) is 0 Å². The summed E-state index contributed by atoms with van der Waals surface area (Å²) < 4.78 is 0. The summed E-state index contributed by atoms with van der Waals surface area (Å²) in [6.07, 6.45) is -0.203. The Labute approximate surface area is 69.2 Å². The van der Waals surface area contributed by atoms with Gasteiger partial charge in [0.05, 0.1) is 6.10 Å². The van der Waals surface area contributed by atoms with Crippen LogP contribution < -0.4 is 0 Å². The molecule has 0 aromatic rings. The van der Waals surface area contributed by atoms with Gasteiger partial charge in [-0.15, -0.1) is 0 Å². The van der Waals surface area contributed by atoms with Gasteiger partial charge in [-0.2, -0.15) is 0 Å². The first-order chi connectivity index (χ1) is 4.92. The van der Waals surface area contributed by atoms with Gasteiger partial charge in [0.2, 0.25) is 0 Å². The van der Waals surface area contributed by atoms with E-state index in [2.05, 4.69) is 25.7 Å². The van der Waals surface area contributed by atoms with Crippen LogP contribution in [0.4, 0.5) is 0 Å². The van der Waals surface area contributed by atoms with Crippen molar-refractivity contribution in [2.45, 2.75) is 39.8 Å². The quantitative estimate of drug-likeness (QED) is 0.649. The van der Waals surface area contributed by atoms with Gasteiger partial charge < -0.3 is 5.11 Å². The molecule has 1 fully saturated rings. The summed E-state index contributed by atoms with van der Waals surface area (Å²) in [6, 6.07) is 0.322. The second-order valence-electron chi connectivity index (χ2n) is 4.55. The highest BCUT2D eigenvalue weighted by Gasteiger charge is 2.37. The molecule has 2 unspecified atom stereocenters. The van der Waals surface area contributed by atoms with Crippen molar-refractivity contribution in [2.75, 3.05) is 13.1 Å². The van der Waals surface area contributed by atoms with Crippen LogP contribution >= 0.6 is 0 Å². The van der Waals surface area contributed by atoms with E-state index < -0.39 is 0 Å². The van der Waals surface area contributed by atoms with Crippen molar-refractivity contribution in [2.24, 2.45) is 5.41 Å². The Hall–Kier alpha value is -0.0800. The van der Waals surface area contributed by atoms with Crippen LogP contribution in [0.15, 0.2) is 0 Å². The zero-order valence-electron chi connectivity index (χ0n) is 7.96. The summed E-state index contributed by atoms with van der Waals surface area (Å²) in [5.74, 6) is 0. The normalized spacial score (nSPS) is 29.2. The van der Waals surface area contributed by atoms with Crippen molar-refractivity contribution in [3.8, 4) is 0 Å². The summed E-state index contributed by atoms with van der Waals surface area (Å²) in [6.45, 7) is 10.7. The molecule has 1 saturated heterocycles. The van der Waals surface area contributed by atoms with Crippen LogP contribution in [-0.2, 0) is 0 Å². The fraction of sp³-hybridized carbons (Fsp3) is 1.00. The molecule has 0 radical (unpaired) electrons. The Balaban J connectivity index is 2.32. The van der Waals surface area contributed by atoms with E-state index in [1.165, 1.54) is 0 Å². The number of likely N-dealkylation sites (tertiary alicyclic amines) is 1. The van der Waals surface area contributed by atoms with Crippen molar-refractivity contribution in [3.63, 3.8) is 0 Å². The van der Waals surface area contributed by atoms with Crippen molar-refractivity contribution >= 4 is 0 Å². The highest BCUT2D eigenvalue weighted by Crippen LogP contribution is 2.30. The van der Waals surface area contributed by atoms with E-state index in [0.717, 1.165) is 13.1 Å². The van der Waals surface area contributed by atoms with E-state index in [-0.39, 0.29) is 6.10 Å². The first kappa shape index (κ1) is 9.01. The fourth-order valence-electron chi connectivity index (χ4n) is 1.65. The Morgan fingerprint density at radius 2 is 1.73 bits per heavy atom. The Morgan fingerprint density at radius 3 is 2.00 bits per heavy atom. The Kier molecular flexibility index (Phi) is 2.26. The maximum Gasteiger partial charge on any atom is 0.0664 e. The molecule has 1 aliphatic rings. The SMILES string of the molecule is CC(O)C(C)N1CC(C)(C)C1. The standard InChI is InChI=1S/C9H19NO/c1-7(8(2)11)10-5-9(3,4)6-10/h7-8,11H,5-6H2,1-4H3. The van der Waals surface area contributed by atoms with Gasteiger partial charge in [0.1, 0.15) is 0 Å². The minimum Gasteiger partial charge on any atom is -0.392 e. The number of aliphatic hydroxyl groups is 1. The van der Waals surface area contributed by atoms with E-state index in [9.17, 15) is 5.11 Å². The first-order valence-electron chi connectivity index (χ1n) is 4.34. The fourth-order valence-corrected chi connectivity index (χ4v) is 1.65. The molecule has 11 heavy (non-hydrogen) atoms. The number of aliphatic hydroxyl groups excluding tert-OH is 1. The summed E-state index contributed by atoms with van der Waals surface area (Å²) in [5.41, 5.74) is 0.475. The molecule has 66 valence electrons. The predicted octanol–water partition coefficient (Wildman–Crippen LogP) is 1.10. The van der Waals surface area contributed by atoms with Gasteiger partial charge >= 0.3 is 0 Å². The Morgan fingerprint density at radius 1 is 1.27 bits per heavy atom. The zero-order chi connectivity index (χ0) is 8.65. The van der Waals surface area contributed by atoms with Crippen LogP contribution in [0.2, 0.25) is 0 Å². The van der Waals surface area contributed by atoms with E-state index in [1.54, 1.807) is 0 Å². The lowest BCUT2D eigenvalue weighted by Gasteiger charge is -2.49. The van der Waals surface area contributed by atoms with Crippen LogP contribution in [-0.4, -0.2) is 35.2 Å². The molecule has 0 bridgehead atoms. The lowest BCUT2D eigenvalue weighted by Crippen LogP contribution is -2.58. The van der Waals surface area contributed by atoms with Gasteiger partial charge in [0, 0.05) is 19.1 Å². The summed E-state index contributed by atoms with van der Waals surface area (Å²) in [7, 11) is 0. The average molecular weight is 157 g/mol. The monoisotopic (exact) mass is 157 g/mol. The molecule has 2 nitrogen and oxygen atoms in total. The molecular weight excluding hydrogens is 138 g/mol. The van der Waals surface area contributed by atoms with Gasteiger partial charge in [-0.25, -0.2) is 0 Å². The van der Waals surface area contributed by atoms with Crippen LogP contribution in [0, 0.1) is 5.41 Å². The highest BCUT2D eigenvalue weighted by molar-refractivity contribution is 4.91. The second kappa shape index (κ2) is 2.76. The molecule has 2 atom stereocenters. The maximum absolute atomic E-state index is 9.28. The second-order valence-corrected chi connectivity index (χ2v) is 4.55. The van der Waals surface area contributed by atoms with Gasteiger partial charge in [-0.3, -0.25) is 4.90 Å². The molecule has 0 spiro atoms. The third-order valence-electron chi connectivity index (χ3n) is 2.54. The minimum atomic E-state index is -0.203. The maximum atomic E-state index is 9.28. The molecule has 1 aliphatic heterocycles. The summed E-state index contributed by atoms with van der Waals surface area (Å²) in [5, 5.41) is 9.28. The number of hydrogen-bond acceptors (Lipinski definition) is 2. The molecule has 1 rings (SSSR count). The largest absolute Gasteiger partial charge is 0.392 e. The Bertz CT molecular complexity index is 134. The van der Waals surface area contributed by atoms with Gasteiger partial charge in [0.25, 0.3) is 0 Å². The lowest BCUT2D eigenvalue weighted by molar-refractivity contribution is -0.0406. The molecule has 1 N–H and O–H groups in total. The molecule has 0 saturated carbocycles. The van der Waals surface area contributed by atoms with Crippen LogP contribution in [0.3, 0.4) is 0 Å². The lowest BCUT2D eigenvalue weighted by atomic mass is 9.83. The predicted molar refractivity (Wildman–Crippen MR) is 46.5 cm³/mol. The number of nitrogens with zero attached hydrogens (tertiary/aromatic N) is 1. The molecule has 0 aromatic heterocycles. The van der Waals surface area contributed by atoms with Crippen LogP contribution in [0.5, 0.6) is 0 Å². The zero-order valence-corrected chi connectivity index (χ0v) is 7.96. The molecule has 2 heteroatoms.